The van der Waals surface area contributed by atoms with Gasteiger partial charge < -0.3 is 10.6 Å². The normalized spacial score (nSPS) is 10.0. The van der Waals surface area contributed by atoms with Crippen LogP contribution in [0.15, 0.2) is 42.5 Å². The number of nitrogens with one attached hydrogen (secondary N) is 2. The lowest BCUT2D eigenvalue weighted by atomic mass is 10.3. The Morgan fingerprint density at radius 3 is 1.95 bits per heavy atom. The fourth-order valence-electron chi connectivity index (χ4n) is 1.48. The largest absolute Gasteiger partial charge is 0.318 e. The molecule has 2 aromatic carbocycles. The van der Waals surface area contributed by atoms with Crippen LogP contribution in [0, 0.1) is 11.6 Å². The maximum Gasteiger partial charge on any atom is 0.314 e. The monoisotopic (exact) mass is 310 g/mol. The van der Waals surface area contributed by atoms with Crippen molar-refractivity contribution in [1.29, 1.82) is 0 Å². The molecule has 0 heterocycles. The van der Waals surface area contributed by atoms with Crippen LogP contribution < -0.4 is 10.6 Å². The van der Waals surface area contributed by atoms with Crippen molar-refractivity contribution < 1.29 is 18.4 Å². The van der Waals surface area contributed by atoms with Gasteiger partial charge in [0.05, 0.1) is 5.02 Å². The highest BCUT2D eigenvalue weighted by Gasteiger charge is 2.14. The summed E-state index contributed by atoms with van der Waals surface area (Å²) >= 11 is 5.56. The number of benzene rings is 2. The SMILES string of the molecule is O=C(Nc1ccc(F)cc1)C(=O)Nc1ccc(F)c(Cl)c1. The molecule has 0 unspecified atom stereocenters. The van der Waals surface area contributed by atoms with Gasteiger partial charge in [-0.1, -0.05) is 11.6 Å². The van der Waals surface area contributed by atoms with E-state index < -0.39 is 23.4 Å². The van der Waals surface area contributed by atoms with Gasteiger partial charge in [0.25, 0.3) is 0 Å². The average molecular weight is 311 g/mol. The van der Waals surface area contributed by atoms with Gasteiger partial charge in [-0.05, 0) is 42.5 Å². The number of hydrogen-bond acceptors (Lipinski definition) is 2. The molecule has 0 saturated heterocycles. The minimum absolute atomic E-state index is 0.174. The smallest absolute Gasteiger partial charge is 0.314 e. The summed E-state index contributed by atoms with van der Waals surface area (Å²) in [7, 11) is 0. The van der Waals surface area contributed by atoms with Gasteiger partial charge in [-0.25, -0.2) is 8.78 Å². The summed E-state index contributed by atoms with van der Waals surface area (Å²) in [5.74, 6) is -2.99. The van der Waals surface area contributed by atoms with Gasteiger partial charge in [0.2, 0.25) is 0 Å². The zero-order chi connectivity index (χ0) is 15.4. The summed E-state index contributed by atoms with van der Waals surface area (Å²) in [5.41, 5.74) is 0.453. The molecule has 108 valence electrons. The first-order valence-corrected chi connectivity index (χ1v) is 6.16. The molecule has 0 radical (unpaired) electrons. The highest BCUT2D eigenvalue weighted by Crippen LogP contribution is 2.19. The molecule has 2 aromatic rings. The molecule has 0 aliphatic carbocycles. The van der Waals surface area contributed by atoms with Crippen molar-refractivity contribution in [3.05, 3.63) is 59.1 Å². The first-order valence-electron chi connectivity index (χ1n) is 5.78. The van der Waals surface area contributed by atoms with Crippen molar-refractivity contribution in [1.82, 2.24) is 0 Å². The molecule has 7 heteroatoms. The van der Waals surface area contributed by atoms with E-state index in [1.54, 1.807) is 0 Å². The van der Waals surface area contributed by atoms with Gasteiger partial charge >= 0.3 is 11.8 Å². The number of halogens is 3. The molecule has 0 saturated carbocycles. The Labute approximate surface area is 123 Å². The average Bonchev–Trinajstić information content (AvgIpc) is 2.45. The van der Waals surface area contributed by atoms with E-state index in [0.717, 1.165) is 18.2 Å². The van der Waals surface area contributed by atoms with Crippen LogP contribution in [-0.4, -0.2) is 11.8 Å². The van der Waals surface area contributed by atoms with Crippen LogP contribution in [0.5, 0.6) is 0 Å². The second-order valence-corrected chi connectivity index (χ2v) is 4.45. The predicted molar refractivity (Wildman–Crippen MR) is 75.1 cm³/mol. The van der Waals surface area contributed by atoms with Gasteiger partial charge in [0.15, 0.2) is 0 Å². The Balaban J connectivity index is 2.00. The third-order valence-corrected chi connectivity index (χ3v) is 2.78. The van der Waals surface area contributed by atoms with E-state index in [1.807, 2.05) is 0 Å². The molecule has 0 atom stereocenters. The fraction of sp³-hybridized carbons (Fsp3) is 0. The van der Waals surface area contributed by atoms with Crippen molar-refractivity contribution in [2.75, 3.05) is 10.6 Å². The number of hydrogen-bond donors (Lipinski definition) is 2. The Morgan fingerprint density at radius 2 is 1.38 bits per heavy atom. The fourth-order valence-corrected chi connectivity index (χ4v) is 1.66. The summed E-state index contributed by atoms with van der Waals surface area (Å²) in [5, 5.41) is 4.38. The topological polar surface area (TPSA) is 58.2 Å². The van der Waals surface area contributed by atoms with E-state index in [2.05, 4.69) is 10.6 Å². The van der Waals surface area contributed by atoms with Crippen LogP contribution in [0.3, 0.4) is 0 Å². The number of carbonyl (C=O) groups is 2. The lowest BCUT2D eigenvalue weighted by Gasteiger charge is -2.07. The number of rotatable bonds is 2. The summed E-state index contributed by atoms with van der Waals surface area (Å²) < 4.78 is 25.7. The lowest BCUT2D eigenvalue weighted by Crippen LogP contribution is -2.29. The number of anilines is 2. The Hall–Kier alpha value is -2.47. The van der Waals surface area contributed by atoms with E-state index >= 15 is 0 Å². The van der Waals surface area contributed by atoms with Crippen LogP contribution in [0.25, 0.3) is 0 Å². The van der Waals surface area contributed by atoms with E-state index in [9.17, 15) is 18.4 Å². The van der Waals surface area contributed by atoms with Crippen LogP contribution in [0.2, 0.25) is 5.02 Å². The maximum absolute atomic E-state index is 13.0. The van der Waals surface area contributed by atoms with Gasteiger partial charge in [0.1, 0.15) is 11.6 Å². The summed E-state index contributed by atoms with van der Waals surface area (Å²) in [6, 6.07) is 8.44. The lowest BCUT2D eigenvalue weighted by molar-refractivity contribution is -0.132. The second-order valence-electron chi connectivity index (χ2n) is 4.04. The quantitative estimate of drug-likeness (QED) is 0.837. The molecule has 4 nitrogen and oxygen atoms in total. The van der Waals surface area contributed by atoms with Crippen molar-refractivity contribution in [2.45, 2.75) is 0 Å². The molecular weight excluding hydrogens is 302 g/mol. The van der Waals surface area contributed by atoms with Crippen LogP contribution >= 0.6 is 11.6 Å². The van der Waals surface area contributed by atoms with E-state index in [4.69, 9.17) is 11.6 Å². The molecule has 0 aliphatic heterocycles. The van der Waals surface area contributed by atoms with Crippen molar-refractivity contribution in [2.24, 2.45) is 0 Å². The molecule has 0 fully saturated rings. The Kier molecular flexibility index (Phi) is 4.49. The first-order chi connectivity index (χ1) is 9.95. The van der Waals surface area contributed by atoms with Gasteiger partial charge in [-0.3, -0.25) is 9.59 Å². The molecule has 2 amide bonds. The van der Waals surface area contributed by atoms with E-state index in [0.29, 0.717) is 0 Å². The zero-order valence-corrected chi connectivity index (χ0v) is 11.2. The third kappa shape index (κ3) is 4.00. The van der Waals surface area contributed by atoms with Crippen LogP contribution in [0.4, 0.5) is 20.2 Å². The minimum Gasteiger partial charge on any atom is -0.318 e. The maximum atomic E-state index is 13.0. The highest BCUT2D eigenvalue weighted by molar-refractivity contribution is 6.43. The minimum atomic E-state index is -0.956. The third-order valence-electron chi connectivity index (χ3n) is 2.49. The molecule has 0 aromatic heterocycles. The van der Waals surface area contributed by atoms with Crippen LogP contribution in [0.1, 0.15) is 0 Å². The number of carbonyl (C=O) groups excluding carboxylic acids is 2. The summed E-state index contributed by atoms with van der Waals surface area (Å²) in [6.45, 7) is 0. The molecule has 2 N–H and O–H groups in total. The highest BCUT2D eigenvalue weighted by atomic mass is 35.5. The predicted octanol–water partition coefficient (Wildman–Crippen LogP) is 3.20. The first kappa shape index (κ1) is 14.9. The Bertz CT molecular complexity index is 690. The van der Waals surface area contributed by atoms with Crippen molar-refractivity contribution in [3.8, 4) is 0 Å². The molecule has 2 rings (SSSR count). The second kappa shape index (κ2) is 6.32. The van der Waals surface area contributed by atoms with E-state index in [1.165, 1.54) is 24.3 Å². The molecular formula is C14H9ClF2N2O2. The van der Waals surface area contributed by atoms with Gasteiger partial charge in [-0.15, -0.1) is 0 Å². The van der Waals surface area contributed by atoms with E-state index in [-0.39, 0.29) is 16.4 Å². The molecule has 21 heavy (non-hydrogen) atoms. The number of amides is 2. The van der Waals surface area contributed by atoms with Crippen molar-refractivity contribution >= 4 is 34.8 Å². The van der Waals surface area contributed by atoms with Crippen LogP contribution in [-0.2, 0) is 9.59 Å². The van der Waals surface area contributed by atoms with Gasteiger partial charge in [0, 0.05) is 11.4 Å². The molecule has 0 bridgehead atoms. The van der Waals surface area contributed by atoms with Crippen molar-refractivity contribution in [3.63, 3.8) is 0 Å². The van der Waals surface area contributed by atoms with Gasteiger partial charge in [-0.2, -0.15) is 0 Å². The molecule has 0 spiro atoms. The summed E-state index contributed by atoms with van der Waals surface area (Å²) in [4.78, 5) is 23.3. The standard InChI is InChI=1S/C14H9ClF2N2O2/c15-11-7-10(5-6-12(11)17)19-14(21)13(20)18-9-3-1-8(16)2-4-9/h1-7H,(H,18,20)(H,19,21). The zero-order valence-electron chi connectivity index (χ0n) is 10.5. The summed E-state index contributed by atoms with van der Waals surface area (Å²) in [6.07, 6.45) is 0. The molecule has 0 aliphatic rings. The Morgan fingerprint density at radius 1 is 0.857 bits per heavy atom.